The van der Waals surface area contributed by atoms with Crippen LogP contribution in [-0.2, 0) is 14.8 Å². The Kier molecular flexibility index (Phi) is 5.86. The van der Waals surface area contributed by atoms with E-state index >= 15 is 0 Å². The highest BCUT2D eigenvalue weighted by atomic mass is 32.2. The monoisotopic (exact) mass is 393 g/mol. The van der Waals surface area contributed by atoms with Crippen LogP contribution in [0.3, 0.4) is 0 Å². The standard InChI is InChI=1S/C19H27N3O4S/c1-15-7-9-21(10-8-15)19(24)17-3-5-18(6-4-17)27(25,26)22-13-11-20(12-14-22)16(2)23/h3-6,15H,7-14H2,1-2H3. The smallest absolute Gasteiger partial charge is 0.253 e. The van der Waals surface area contributed by atoms with Gasteiger partial charge in [0.05, 0.1) is 4.90 Å². The number of sulfonamides is 1. The maximum Gasteiger partial charge on any atom is 0.253 e. The Morgan fingerprint density at radius 1 is 0.889 bits per heavy atom. The van der Waals surface area contributed by atoms with Crippen LogP contribution in [0, 0.1) is 5.92 Å². The number of carbonyl (C=O) groups is 2. The molecule has 7 nitrogen and oxygen atoms in total. The first-order valence-corrected chi connectivity index (χ1v) is 10.9. The molecule has 8 heteroatoms. The van der Waals surface area contributed by atoms with Gasteiger partial charge in [-0.15, -0.1) is 0 Å². The number of benzene rings is 1. The van der Waals surface area contributed by atoms with Crippen LogP contribution in [-0.4, -0.2) is 73.6 Å². The van der Waals surface area contributed by atoms with E-state index < -0.39 is 10.0 Å². The van der Waals surface area contributed by atoms with Gasteiger partial charge in [0.1, 0.15) is 0 Å². The summed E-state index contributed by atoms with van der Waals surface area (Å²) >= 11 is 0. The summed E-state index contributed by atoms with van der Waals surface area (Å²) in [6.07, 6.45) is 2.01. The number of piperidine rings is 1. The minimum atomic E-state index is -3.62. The van der Waals surface area contributed by atoms with Gasteiger partial charge in [-0.25, -0.2) is 8.42 Å². The predicted molar refractivity (Wildman–Crippen MR) is 102 cm³/mol. The molecular weight excluding hydrogens is 366 g/mol. The molecule has 0 unspecified atom stereocenters. The first-order chi connectivity index (χ1) is 12.8. The molecule has 2 amide bonds. The zero-order valence-electron chi connectivity index (χ0n) is 15.9. The molecule has 2 aliphatic rings. The summed E-state index contributed by atoms with van der Waals surface area (Å²) in [6, 6.07) is 6.21. The molecule has 0 atom stereocenters. The van der Waals surface area contributed by atoms with Crippen molar-refractivity contribution < 1.29 is 18.0 Å². The Morgan fingerprint density at radius 2 is 1.44 bits per heavy atom. The predicted octanol–water partition coefficient (Wildman–Crippen LogP) is 1.41. The molecule has 2 fully saturated rings. The van der Waals surface area contributed by atoms with Crippen LogP contribution < -0.4 is 0 Å². The van der Waals surface area contributed by atoms with Crippen LogP contribution in [0.2, 0.25) is 0 Å². The Morgan fingerprint density at radius 3 is 1.96 bits per heavy atom. The normalized spacial score (nSPS) is 19.9. The lowest BCUT2D eigenvalue weighted by Crippen LogP contribution is -2.49. The van der Waals surface area contributed by atoms with Crippen molar-refractivity contribution in [2.45, 2.75) is 31.6 Å². The van der Waals surface area contributed by atoms with Gasteiger partial charge >= 0.3 is 0 Å². The number of hydrogen-bond donors (Lipinski definition) is 0. The van der Waals surface area contributed by atoms with Crippen molar-refractivity contribution in [3.05, 3.63) is 29.8 Å². The molecule has 3 rings (SSSR count). The average Bonchev–Trinajstić information content (AvgIpc) is 2.68. The number of piperazine rings is 1. The van der Waals surface area contributed by atoms with Crippen molar-refractivity contribution in [2.75, 3.05) is 39.3 Å². The van der Waals surface area contributed by atoms with Crippen molar-refractivity contribution >= 4 is 21.8 Å². The fourth-order valence-corrected chi connectivity index (χ4v) is 4.98. The Balaban J connectivity index is 1.67. The van der Waals surface area contributed by atoms with Gasteiger partial charge in [0.2, 0.25) is 15.9 Å². The van der Waals surface area contributed by atoms with Crippen LogP contribution in [0.15, 0.2) is 29.2 Å². The largest absolute Gasteiger partial charge is 0.340 e. The molecule has 0 aromatic heterocycles. The van der Waals surface area contributed by atoms with Crippen molar-refractivity contribution in [3.8, 4) is 0 Å². The van der Waals surface area contributed by atoms with E-state index in [1.807, 2.05) is 4.90 Å². The lowest BCUT2D eigenvalue weighted by Gasteiger charge is -2.33. The van der Waals surface area contributed by atoms with Gasteiger partial charge in [0, 0.05) is 51.8 Å². The quantitative estimate of drug-likeness (QED) is 0.778. The second-order valence-electron chi connectivity index (χ2n) is 7.41. The summed E-state index contributed by atoms with van der Waals surface area (Å²) < 4.78 is 27.0. The first-order valence-electron chi connectivity index (χ1n) is 9.44. The molecular formula is C19H27N3O4S. The topological polar surface area (TPSA) is 78.0 Å². The second-order valence-corrected chi connectivity index (χ2v) is 9.35. The Hall–Kier alpha value is -1.93. The third kappa shape index (κ3) is 4.32. The minimum absolute atomic E-state index is 0.0398. The van der Waals surface area contributed by atoms with E-state index in [1.165, 1.54) is 23.4 Å². The lowest BCUT2D eigenvalue weighted by atomic mass is 9.98. The fraction of sp³-hybridized carbons (Fsp3) is 0.579. The van der Waals surface area contributed by atoms with E-state index in [0.717, 1.165) is 25.9 Å². The molecule has 0 aliphatic carbocycles. The van der Waals surface area contributed by atoms with Crippen LogP contribution in [0.5, 0.6) is 0 Å². The maximum absolute atomic E-state index is 12.8. The molecule has 148 valence electrons. The molecule has 2 heterocycles. The second kappa shape index (κ2) is 7.98. The molecule has 0 saturated carbocycles. The summed E-state index contributed by atoms with van der Waals surface area (Å²) in [5.41, 5.74) is 0.518. The van der Waals surface area contributed by atoms with E-state index in [2.05, 4.69) is 6.92 Å². The minimum Gasteiger partial charge on any atom is -0.340 e. The summed E-state index contributed by atoms with van der Waals surface area (Å²) in [5.74, 6) is 0.563. The summed E-state index contributed by atoms with van der Waals surface area (Å²) in [5, 5.41) is 0. The molecule has 27 heavy (non-hydrogen) atoms. The lowest BCUT2D eigenvalue weighted by molar-refractivity contribution is -0.129. The van der Waals surface area contributed by atoms with Gasteiger partial charge < -0.3 is 9.80 Å². The maximum atomic E-state index is 12.8. The van der Waals surface area contributed by atoms with Crippen molar-refractivity contribution in [2.24, 2.45) is 5.92 Å². The molecule has 0 N–H and O–H groups in total. The van der Waals surface area contributed by atoms with Gasteiger partial charge in [-0.2, -0.15) is 4.31 Å². The van der Waals surface area contributed by atoms with Crippen molar-refractivity contribution in [3.63, 3.8) is 0 Å². The highest BCUT2D eigenvalue weighted by Gasteiger charge is 2.29. The third-order valence-corrected chi connectivity index (χ3v) is 7.41. The van der Waals surface area contributed by atoms with Crippen LogP contribution in [0.1, 0.15) is 37.0 Å². The summed E-state index contributed by atoms with van der Waals surface area (Å²) in [6.45, 7) is 6.56. The number of nitrogens with zero attached hydrogens (tertiary/aromatic N) is 3. The fourth-order valence-electron chi connectivity index (χ4n) is 3.56. The van der Waals surface area contributed by atoms with Crippen molar-refractivity contribution in [1.29, 1.82) is 0 Å². The van der Waals surface area contributed by atoms with Crippen LogP contribution in [0.4, 0.5) is 0 Å². The summed E-state index contributed by atoms with van der Waals surface area (Å²) in [4.78, 5) is 27.7. The summed E-state index contributed by atoms with van der Waals surface area (Å²) in [7, 11) is -3.62. The zero-order chi connectivity index (χ0) is 19.6. The highest BCUT2D eigenvalue weighted by Crippen LogP contribution is 2.21. The van der Waals surface area contributed by atoms with Gasteiger partial charge in [-0.05, 0) is 43.0 Å². The molecule has 2 aliphatic heterocycles. The number of likely N-dealkylation sites (tertiary alicyclic amines) is 1. The Labute approximate surface area is 161 Å². The van der Waals surface area contributed by atoms with Gasteiger partial charge in [0.25, 0.3) is 5.91 Å². The van der Waals surface area contributed by atoms with Gasteiger partial charge in [-0.1, -0.05) is 6.92 Å². The molecule has 1 aromatic rings. The van der Waals surface area contributed by atoms with Crippen molar-refractivity contribution in [1.82, 2.24) is 14.1 Å². The van der Waals surface area contributed by atoms with E-state index in [9.17, 15) is 18.0 Å². The van der Waals surface area contributed by atoms with Crippen LogP contribution in [0.25, 0.3) is 0 Å². The zero-order valence-corrected chi connectivity index (χ0v) is 16.7. The molecule has 0 bridgehead atoms. The van der Waals surface area contributed by atoms with Gasteiger partial charge in [-0.3, -0.25) is 9.59 Å². The molecule has 0 spiro atoms. The average molecular weight is 394 g/mol. The number of rotatable bonds is 3. The highest BCUT2D eigenvalue weighted by molar-refractivity contribution is 7.89. The van der Waals surface area contributed by atoms with E-state index in [1.54, 1.807) is 17.0 Å². The molecule has 2 saturated heterocycles. The van der Waals surface area contributed by atoms with E-state index in [0.29, 0.717) is 24.6 Å². The number of carbonyl (C=O) groups excluding carboxylic acids is 2. The SMILES string of the molecule is CC(=O)N1CCN(S(=O)(=O)c2ccc(C(=O)N3CCC(C)CC3)cc2)CC1. The number of hydrogen-bond acceptors (Lipinski definition) is 4. The molecule has 0 radical (unpaired) electrons. The number of amides is 2. The van der Waals surface area contributed by atoms with Crippen LogP contribution >= 0.6 is 0 Å². The molecule has 1 aromatic carbocycles. The first kappa shape index (κ1) is 19.8. The van der Waals surface area contributed by atoms with E-state index in [4.69, 9.17) is 0 Å². The van der Waals surface area contributed by atoms with E-state index in [-0.39, 0.29) is 29.8 Å². The van der Waals surface area contributed by atoms with Gasteiger partial charge in [0.15, 0.2) is 0 Å². The third-order valence-electron chi connectivity index (χ3n) is 5.49. The Bertz CT molecular complexity index is 791.